The number of rotatable bonds is 5. The largest absolute Gasteiger partial charge is 0.468 e. The molecule has 0 aliphatic rings. The van der Waals surface area contributed by atoms with E-state index in [4.69, 9.17) is 4.42 Å². The van der Waals surface area contributed by atoms with Crippen molar-refractivity contribution in [1.29, 1.82) is 0 Å². The van der Waals surface area contributed by atoms with Crippen LogP contribution in [0.25, 0.3) is 11.0 Å². The molecule has 0 spiro atoms. The van der Waals surface area contributed by atoms with Crippen molar-refractivity contribution in [1.82, 2.24) is 4.90 Å². The first kappa shape index (κ1) is 17.5. The Bertz CT molecular complexity index is 779. The van der Waals surface area contributed by atoms with Gasteiger partial charge in [0.05, 0.1) is 14.2 Å². The van der Waals surface area contributed by atoms with E-state index in [2.05, 4.69) is 9.47 Å². The predicted octanol–water partition coefficient (Wildman–Crippen LogP) is 1.67. The summed E-state index contributed by atoms with van der Waals surface area (Å²) in [4.78, 5) is 36.6. The number of fused-ring (bicyclic) bond motifs is 1. The lowest BCUT2D eigenvalue weighted by Gasteiger charge is -2.19. The Morgan fingerprint density at radius 1 is 1.12 bits per heavy atom. The van der Waals surface area contributed by atoms with Crippen molar-refractivity contribution in [2.75, 3.05) is 27.3 Å². The Kier molecular flexibility index (Phi) is 5.18. The molecule has 0 atom stereocenters. The van der Waals surface area contributed by atoms with Gasteiger partial charge in [0.15, 0.2) is 5.76 Å². The quantitative estimate of drug-likeness (QED) is 0.772. The van der Waals surface area contributed by atoms with Crippen LogP contribution in [-0.4, -0.2) is 50.1 Å². The minimum Gasteiger partial charge on any atom is -0.468 e. The molecule has 0 unspecified atom stereocenters. The fourth-order valence-corrected chi connectivity index (χ4v) is 2.18. The number of aryl methyl sites for hydroxylation is 1. The molecule has 24 heavy (non-hydrogen) atoms. The van der Waals surface area contributed by atoms with Crippen molar-refractivity contribution in [3.8, 4) is 0 Å². The summed E-state index contributed by atoms with van der Waals surface area (Å²) in [6.45, 7) is 0.692. The SMILES string of the molecule is COC(=O)CN(CC(=O)OC)C(=O)c1oc2ccc(F)cc2c1C. The summed E-state index contributed by atoms with van der Waals surface area (Å²) < 4.78 is 27.9. The molecule has 1 amide bonds. The number of halogens is 1. The number of ether oxygens (including phenoxy) is 2. The minimum atomic E-state index is -0.702. The Morgan fingerprint density at radius 2 is 1.71 bits per heavy atom. The smallest absolute Gasteiger partial charge is 0.325 e. The minimum absolute atomic E-state index is 0.0802. The van der Waals surface area contributed by atoms with E-state index < -0.39 is 36.8 Å². The molecule has 0 aliphatic heterocycles. The number of furan rings is 1. The van der Waals surface area contributed by atoms with Crippen molar-refractivity contribution >= 4 is 28.8 Å². The van der Waals surface area contributed by atoms with Crippen LogP contribution in [0.4, 0.5) is 4.39 Å². The maximum Gasteiger partial charge on any atom is 0.325 e. The van der Waals surface area contributed by atoms with Gasteiger partial charge in [-0.25, -0.2) is 4.39 Å². The number of methoxy groups -OCH3 is 2. The number of benzene rings is 1. The zero-order valence-corrected chi connectivity index (χ0v) is 13.4. The van der Waals surface area contributed by atoms with Gasteiger partial charge in [0, 0.05) is 10.9 Å². The lowest BCUT2D eigenvalue weighted by atomic mass is 10.1. The molecule has 2 aromatic rings. The molecule has 0 N–H and O–H groups in total. The van der Waals surface area contributed by atoms with Gasteiger partial charge in [-0.2, -0.15) is 0 Å². The van der Waals surface area contributed by atoms with Gasteiger partial charge in [-0.15, -0.1) is 0 Å². The van der Waals surface area contributed by atoms with Crippen LogP contribution < -0.4 is 0 Å². The number of hydrogen-bond acceptors (Lipinski definition) is 6. The molecular formula is C16H16FNO6. The average Bonchev–Trinajstić information content (AvgIpc) is 2.89. The van der Waals surface area contributed by atoms with Gasteiger partial charge in [0.2, 0.25) is 0 Å². The van der Waals surface area contributed by atoms with Gasteiger partial charge in [0.1, 0.15) is 24.5 Å². The second kappa shape index (κ2) is 7.12. The first-order chi connectivity index (χ1) is 11.4. The molecule has 0 fully saturated rings. The average molecular weight is 337 g/mol. The predicted molar refractivity (Wildman–Crippen MR) is 80.8 cm³/mol. The molecule has 8 heteroatoms. The monoisotopic (exact) mass is 337 g/mol. The second-order valence-corrected chi connectivity index (χ2v) is 5.01. The zero-order chi connectivity index (χ0) is 17.9. The molecule has 0 radical (unpaired) electrons. The molecule has 2 rings (SSSR count). The van der Waals surface area contributed by atoms with Gasteiger partial charge in [-0.05, 0) is 25.1 Å². The van der Waals surface area contributed by atoms with Crippen LogP contribution >= 0.6 is 0 Å². The molecule has 1 aromatic heterocycles. The molecule has 0 bridgehead atoms. The standard InChI is InChI=1S/C16H16FNO6/c1-9-11-6-10(17)4-5-12(11)24-15(9)16(21)18(7-13(19)22-2)8-14(20)23-3/h4-6H,7-8H2,1-3H3. The Morgan fingerprint density at radius 3 is 2.25 bits per heavy atom. The summed E-state index contributed by atoms with van der Waals surface area (Å²) in [5, 5.41) is 0.439. The summed E-state index contributed by atoms with van der Waals surface area (Å²) in [5.41, 5.74) is 0.738. The molecule has 0 saturated carbocycles. The molecule has 1 aromatic carbocycles. The van der Waals surface area contributed by atoms with Gasteiger partial charge in [-0.1, -0.05) is 0 Å². The summed E-state index contributed by atoms with van der Waals surface area (Å²) in [6, 6.07) is 3.86. The number of nitrogens with zero attached hydrogens (tertiary/aromatic N) is 1. The van der Waals surface area contributed by atoms with Gasteiger partial charge in [0.25, 0.3) is 5.91 Å². The van der Waals surface area contributed by atoms with Gasteiger partial charge in [-0.3, -0.25) is 14.4 Å². The van der Waals surface area contributed by atoms with Crippen molar-refractivity contribution in [3.63, 3.8) is 0 Å². The number of amides is 1. The van der Waals surface area contributed by atoms with E-state index in [1.807, 2.05) is 0 Å². The number of esters is 2. The fraction of sp³-hybridized carbons (Fsp3) is 0.312. The van der Waals surface area contributed by atoms with Crippen molar-refractivity contribution in [2.45, 2.75) is 6.92 Å². The second-order valence-electron chi connectivity index (χ2n) is 5.01. The van der Waals surface area contributed by atoms with Crippen molar-refractivity contribution in [3.05, 3.63) is 35.3 Å². The van der Waals surface area contributed by atoms with Gasteiger partial charge >= 0.3 is 11.9 Å². The van der Waals surface area contributed by atoms with E-state index in [0.29, 0.717) is 16.5 Å². The highest BCUT2D eigenvalue weighted by Gasteiger charge is 2.27. The zero-order valence-electron chi connectivity index (χ0n) is 13.4. The summed E-state index contributed by atoms with van der Waals surface area (Å²) in [5.74, 6) is -2.64. The van der Waals surface area contributed by atoms with E-state index in [-0.39, 0.29) is 5.76 Å². The van der Waals surface area contributed by atoms with Gasteiger partial charge < -0.3 is 18.8 Å². The van der Waals surface area contributed by atoms with Crippen molar-refractivity contribution < 1.29 is 32.7 Å². The van der Waals surface area contributed by atoms with E-state index in [1.165, 1.54) is 32.4 Å². The summed E-state index contributed by atoms with van der Waals surface area (Å²) >= 11 is 0. The lowest BCUT2D eigenvalue weighted by Crippen LogP contribution is -2.40. The fourth-order valence-electron chi connectivity index (χ4n) is 2.18. The molecular weight excluding hydrogens is 321 g/mol. The highest BCUT2D eigenvalue weighted by Crippen LogP contribution is 2.27. The Hall–Kier alpha value is -2.90. The van der Waals surface area contributed by atoms with Crippen LogP contribution in [0.5, 0.6) is 0 Å². The van der Waals surface area contributed by atoms with Crippen LogP contribution in [0.1, 0.15) is 16.1 Å². The Labute approximate surface area is 136 Å². The van der Waals surface area contributed by atoms with E-state index in [1.54, 1.807) is 6.92 Å². The third-order valence-corrected chi connectivity index (χ3v) is 3.47. The summed E-state index contributed by atoms with van der Waals surface area (Å²) in [6.07, 6.45) is 0. The maximum absolute atomic E-state index is 13.4. The topological polar surface area (TPSA) is 86.0 Å². The van der Waals surface area contributed by atoms with Crippen molar-refractivity contribution in [2.24, 2.45) is 0 Å². The van der Waals surface area contributed by atoms with Crippen LogP contribution in [-0.2, 0) is 19.1 Å². The molecule has 0 saturated heterocycles. The summed E-state index contributed by atoms with van der Waals surface area (Å²) in [7, 11) is 2.33. The Balaban J connectivity index is 2.39. The van der Waals surface area contributed by atoms with Crippen LogP contribution in [0.3, 0.4) is 0 Å². The number of carbonyl (C=O) groups excluding carboxylic acids is 3. The molecule has 0 aliphatic carbocycles. The van der Waals surface area contributed by atoms with E-state index in [9.17, 15) is 18.8 Å². The number of carbonyl (C=O) groups is 3. The highest BCUT2D eigenvalue weighted by atomic mass is 19.1. The van der Waals surface area contributed by atoms with E-state index >= 15 is 0 Å². The highest BCUT2D eigenvalue weighted by molar-refractivity contribution is 6.01. The van der Waals surface area contributed by atoms with Crippen LogP contribution in [0, 0.1) is 12.7 Å². The normalized spacial score (nSPS) is 10.5. The lowest BCUT2D eigenvalue weighted by molar-refractivity contribution is -0.144. The van der Waals surface area contributed by atoms with Crippen LogP contribution in [0.15, 0.2) is 22.6 Å². The first-order valence-corrected chi connectivity index (χ1v) is 6.99. The molecule has 7 nitrogen and oxygen atoms in total. The maximum atomic E-state index is 13.4. The molecule has 128 valence electrons. The van der Waals surface area contributed by atoms with Crippen LogP contribution in [0.2, 0.25) is 0 Å². The number of hydrogen-bond donors (Lipinski definition) is 0. The third-order valence-electron chi connectivity index (χ3n) is 3.47. The van der Waals surface area contributed by atoms with E-state index in [0.717, 1.165) is 4.90 Å². The molecule has 1 heterocycles. The third kappa shape index (κ3) is 3.53. The first-order valence-electron chi connectivity index (χ1n) is 6.99.